The molecule has 0 saturated heterocycles. The van der Waals surface area contributed by atoms with E-state index in [1.807, 2.05) is 24.3 Å². The molecule has 18 heavy (non-hydrogen) atoms. The summed E-state index contributed by atoms with van der Waals surface area (Å²) in [7, 11) is 0. The second kappa shape index (κ2) is 9.77. The standard InChI is InChI=1S/C15H25NO2/c1-3-12-17-14-9-5-6-10-15(14)18-13-8-7-11-16-4-2/h5-6,9-10,16H,3-4,7-8,11-13H2,1-2H3. The van der Waals surface area contributed by atoms with E-state index in [0.29, 0.717) is 0 Å². The van der Waals surface area contributed by atoms with Crippen molar-refractivity contribution in [3.05, 3.63) is 24.3 Å². The molecule has 0 amide bonds. The van der Waals surface area contributed by atoms with Crippen LogP contribution in [-0.2, 0) is 0 Å². The van der Waals surface area contributed by atoms with Crippen LogP contribution in [0.2, 0.25) is 0 Å². The Morgan fingerprint density at radius 3 is 2.22 bits per heavy atom. The van der Waals surface area contributed by atoms with Crippen LogP contribution >= 0.6 is 0 Å². The first kappa shape index (κ1) is 14.8. The van der Waals surface area contributed by atoms with E-state index in [9.17, 15) is 0 Å². The zero-order valence-corrected chi connectivity index (χ0v) is 11.6. The summed E-state index contributed by atoms with van der Waals surface area (Å²) in [5, 5.41) is 3.31. The molecule has 0 atom stereocenters. The molecule has 0 radical (unpaired) electrons. The molecule has 0 fully saturated rings. The molecule has 0 heterocycles. The first-order valence-corrected chi connectivity index (χ1v) is 6.93. The highest BCUT2D eigenvalue weighted by molar-refractivity contribution is 5.39. The van der Waals surface area contributed by atoms with Crippen molar-refractivity contribution in [2.24, 2.45) is 0 Å². The summed E-state index contributed by atoms with van der Waals surface area (Å²) < 4.78 is 11.4. The lowest BCUT2D eigenvalue weighted by Crippen LogP contribution is -2.14. The van der Waals surface area contributed by atoms with Crippen LogP contribution in [-0.4, -0.2) is 26.3 Å². The van der Waals surface area contributed by atoms with Crippen LogP contribution < -0.4 is 14.8 Å². The summed E-state index contributed by atoms with van der Waals surface area (Å²) in [6.45, 7) is 7.81. The number of ether oxygens (including phenoxy) is 2. The van der Waals surface area contributed by atoms with Gasteiger partial charge in [-0.05, 0) is 44.5 Å². The fourth-order valence-corrected chi connectivity index (χ4v) is 1.61. The zero-order valence-electron chi connectivity index (χ0n) is 11.6. The highest BCUT2D eigenvalue weighted by atomic mass is 16.5. The lowest BCUT2D eigenvalue weighted by Gasteiger charge is -2.12. The Morgan fingerprint density at radius 1 is 0.944 bits per heavy atom. The van der Waals surface area contributed by atoms with Crippen molar-refractivity contribution in [2.75, 3.05) is 26.3 Å². The maximum Gasteiger partial charge on any atom is 0.161 e. The van der Waals surface area contributed by atoms with Crippen molar-refractivity contribution in [3.8, 4) is 11.5 Å². The topological polar surface area (TPSA) is 30.5 Å². The van der Waals surface area contributed by atoms with Gasteiger partial charge in [-0.25, -0.2) is 0 Å². The van der Waals surface area contributed by atoms with Gasteiger partial charge in [-0.2, -0.15) is 0 Å². The fourth-order valence-electron chi connectivity index (χ4n) is 1.61. The number of hydrogen-bond acceptors (Lipinski definition) is 3. The molecule has 102 valence electrons. The molecule has 1 aromatic rings. The molecule has 1 rings (SSSR count). The predicted octanol–water partition coefficient (Wildman–Crippen LogP) is 3.24. The molecule has 1 aromatic carbocycles. The quantitative estimate of drug-likeness (QED) is 0.648. The van der Waals surface area contributed by atoms with E-state index in [1.54, 1.807) is 0 Å². The summed E-state index contributed by atoms with van der Waals surface area (Å²) >= 11 is 0. The third-order valence-corrected chi connectivity index (χ3v) is 2.57. The van der Waals surface area contributed by atoms with Crippen LogP contribution in [0.5, 0.6) is 11.5 Å². The van der Waals surface area contributed by atoms with Crippen LogP contribution in [0.25, 0.3) is 0 Å². The fraction of sp³-hybridized carbons (Fsp3) is 0.600. The molecule has 3 heteroatoms. The van der Waals surface area contributed by atoms with Crippen molar-refractivity contribution in [3.63, 3.8) is 0 Å². The number of unbranched alkanes of at least 4 members (excludes halogenated alkanes) is 1. The van der Waals surface area contributed by atoms with Gasteiger partial charge >= 0.3 is 0 Å². The second-order valence-electron chi connectivity index (χ2n) is 4.20. The Hall–Kier alpha value is -1.22. The van der Waals surface area contributed by atoms with Crippen LogP contribution in [0, 0.1) is 0 Å². The summed E-state index contributed by atoms with van der Waals surface area (Å²) in [5.74, 6) is 1.71. The smallest absolute Gasteiger partial charge is 0.161 e. The maximum atomic E-state index is 5.76. The Labute approximate surface area is 110 Å². The van der Waals surface area contributed by atoms with Crippen molar-refractivity contribution in [1.82, 2.24) is 5.32 Å². The molecule has 0 spiro atoms. The molecule has 0 saturated carbocycles. The van der Waals surface area contributed by atoms with E-state index < -0.39 is 0 Å². The molecule has 0 bridgehead atoms. The van der Waals surface area contributed by atoms with Crippen molar-refractivity contribution in [1.29, 1.82) is 0 Å². The van der Waals surface area contributed by atoms with E-state index in [1.165, 1.54) is 0 Å². The van der Waals surface area contributed by atoms with Crippen molar-refractivity contribution < 1.29 is 9.47 Å². The second-order valence-corrected chi connectivity index (χ2v) is 4.20. The van der Waals surface area contributed by atoms with Gasteiger partial charge in [-0.15, -0.1) is 0 Å². The highest BCUT2D eigenvalue weighted by Gasteiger charge is 2.03. The Balaban J connectivity index is 2.27. The first-order valence-electron chi connectivity index (χ1n) is 6.93. The number of benzene rings is 1. The minimum Gasteiger partial charge on any atom is -0.490 e. The van der Waals surface area contributed by atoms with Crippen LogP contribution in [0.15, 0.2) is 24.3 Å². The van der Waals surface area contributed by atoms with Gasteiger partial charge in [-0.3, -0.25) is 0 Å². The van der Waals surface area contributed by atoms with Gasteiger partial charge in [0.2, 0.25) is 0 Å². The summed E-state index contributed by atoms with van der Waals surface area (Å²) in [6, 6.07) is 7.88. The normalized spacial score (nSPS) is 10.3. The van der Waals surface area contributed by atoms with Gasteiger partial charge in [0.05, 0.1) is 13.2 Å². The molecule has 0 aliphatic heterocycles. The number of para-hydroxylation sites is 2. The third-order valence-electron chi connectivity index (χ3n) is 2.57. The van der Waals surface area contributed by atoms with Crippen molar-refractivity contribution >= 4 is 0 Å². The molecule has 1 N–H and O–H groups in total. The summed E-state index contributed by atoms with van der Waals surface area (Å²) in [4.78, 5) is 0. The van der Waals surface area contributed by atoms with Gasteiger partial charge in [0.15, 0.2) is 11.5 Å². The minimum absolute atomic E-state index is 0.737. The lowest BCUT2D eigenvalue weighted by molar-refractivity contribution is 0.263. The Bertz CT molecular complexity index is 315. The maximum absolute atomic E-state index is 5.76. The third kappa shape index (κ3) is 5.92. The molecule has 0 unspecified atom stereocenters. The largest absolute Gasteiger partial charge is 0.490 e. The number of rotatable bonds is 10. The highest BCUT2D eigenvalue weighted by Crippen LogP contribution is 2.26. The average molecular weight is 251 g/mol. The molecular formula is C15H25NO2. The summed E-state index contributed by atoms with van der Waals surface area (Å²) in [5.41, 5.74) is 0. The zero-order chi connectivity index (χ0) is 13.1. The first-order chi connectivity index (χ1) is 8.88. The predicted molar refractivity (Wildman–Crippen MR) is 75.5 cm³/mol. The van der Waals surface area contributed by atoms with Gasteiger partial charge in [-0.1, -0.05) is 26.0 Å². The average Bonchev–Trinajstić information content (AvgIpc) is 2.41. The molecule has 0 aliphatic carbocycles. The molecular weight excluding hydrogens is 226 g/mol. The lowest BCUT2D eigenvalue weighted by atomic mass is 10.3. The van der Waals surface area contributed by atoms with E-state index in [2.05, 4.69) is 19.2 Å². The number of hydrogen-bond donors (Lipinski definition) is 1. The Kier molecular flexibility index (Phi) is 8.06. The SMILES string of the molecule is CCCOc1ccccc1OCCCCNCC. The summed E-state index contributed by atoms with van der Waals surface area (Å²) in [6.07, 6.45) is 3.22. The molecule has 0 aromatic heterocycles. The molecule has 3 nitrogen and oxygen atoms in total. The van der Waals surface area contributed by atoms with Gasteiger partial charge in [0, 0.05) is 0 Å². The number of nitrogens with one attached hydrogen (secondary N) is 1. The molecule has 0 aliphatic rings. The van der Waals surface area contributed by atoms with E-state index in [-0.39, 0.29) is 0 Å². The Morgan fingerprint density at radius 2 is 1.61 bits per heavy atom. The van der Waals surface area contributed by atoms with Crippen molar-refractivity contribution in [2.45, 2.75) is 33.1 Å². The van der Waals surface area contributed by atoms with Crippen LogP contribution in [0.1, 0.15) is 33.1 Å². The van der Waals surface area contributed by atoms with Gasteiger partial charge in [0.25, 0.3) is 0 Å². The van der Waals surface area contributed by atoms with E-state index in [4.69, 9.17) is 9.47 Å². The minimum atomic E-state index is 0.737. The van der Waals surface area contributed by atoms with Gasteiger partial charge in [0.1, 0.15) is 0 Å². The van der Waals surface area contributed by atoms with Crippen LogP contribution in [0.3, 0.4) is 0 Å². The van der Waals surface area contributed by atoms with Gasteiger partial charge < -0.3 is 14.8 Å². The monoisotopic (exact) mass is 251 g/mol. The van der Waals surface area contributed by atoms with E-state index in [0.717, 1.165) is 57.1 Å². The van der Waals surface area contributed by atoms with Crippen LogP contribution in [0.4, 0.5) is 0 Å². The van der Waals surface area contributed by atoms with E-state index >= 15 is 0 Å².